The Labute approximate surface area is 191 Å². The van der Waals surface area contributed by atoms with Crippen LogP contribution in [0, 0.1) is 12.7 Å². The Morgan fingerprint density at radius 3 is 2.55 bits per heavy atom. The van der Waals surface area contributed by atoms with Gasteiger partial charge in [0.1, 0.15) is 17.8 Å². The third-order valence-corrected chi connectivity index (χ3v) is 5.52. The molecule has 0 unspecified atom stereocenters. The highest BCUT2D eigenvalue weighted by atomic mass is 19.1. The molecule has 0 saturated carbocycles. The third-order valence-electron chi connectivity index (χ3n) is 5.52. The van der Waals surface area contributed by atoms with Gasteiger partial charge in [-0.2, -0.15) is 0 Å². The lowest BCUT2D eigenvalue weighted by Gasteiger charge is -2.22. The molecule has 5 aromatic rings. The number of nitrogens with zero attached hydrogens (tertiary/aromatic N) is 3. The fourth-order valence-electron chi connectivity index (χ4n) is 4.03. The average molecular weight is 444 g/mol. The molecule has 33 heavy (non-hydrogen) atoms. The van der Waals surface area contributed by atoms with Gasteiger partial charge in [-0.25, -0.2) is 14.4 Å². The van der Waals surface area contributed by atoms with Gasteiger partial charge in [0.2, 0.25) is 0 Å². The molecule has 0 bridgehead atoms. The van der Waals surface area contributed by atoms with E-state index >= 15 is 0 Å². The number of pyridine rings is 1. The maximum absolute atomic E-state index is 14.3. The van der Waals surface area contributed by atoms with Gasteiger partial charge < -0.3 is 10.3 Å². The number of benzene rings is 2. The van der Waals surface area contributed by atoms with Gasteiger partial charge in [-0.15, -0.1) is 0 Å². The lowest BCUT2D eigenvalue weighted by atomic mass is 10.0. The number of anilines is 1. The lowest BCUT2D eigenvalue weighted by Crippen LogP contribution is -2.26. The summed E-state index contributed by atoms with van der Waals surface area (Å²) in [6.45, 7) is 7.86. The number of hydrogen-bond acceptors (Lipinski definition) is 4. The SMILES string of the molecule is CC.Cc1cccc2cc([C@H](C)Nc3ncnc4[nH]cc(F)c34)n(-c3ccccc3)c(=O)c12. The van der Waals surface area contributed by atoms with Gasteiger partial charge in [0, 0.05) is 17.6 Å². The van der Waals surface area contributed by atoms with Crippen LogP contribution in [0.3, 0.4) is 0 Å². The van der Waals surface area contributed by atoms with Crippen molar-refractivity contribution in [3.8, 4) is 5.69 Å². The van der Waals surface area contributed by atoms with Crippen molar-refractivity contribution in [2.24, 2.45) is 0 Å². The van der Waals surface area contributed by atoms with Crippen LogP contribution in [0.1, 0.15) is 38.1 Å². The number of aryl methyl sites for hydroxylation is 1. The molecule has 0 radical (unpaired) electrons. The van der Waals surface area contributed by atoms with Crippen molar-refractivity contribution in [3.63, 3.8) is 0 Å². The molecule has 2 N–H and O–H groups in total. The van der Waals surface area contributed by atoms with Crippen molar-refractivity contribution >= 4 is 27.6 Å². The minimum Gasteiger partial charge on any atom is -0.361 e. The summed E-state index contributed by atoms with van der Waals surface area (Å²) in [7, 11) is 0. The van der Waals surface area contributed by atoms with Crippen molar-refractivity contribution < 1.29 is 4.39 Å². The molecule has 7 heteroatoms. The van der Waals surface area contributed by atoms with E-state index in [1.54, 1.807) is 4.57 Å². The molecular formula is C26H26FN5O. The highest BCUT2D eigenvalue weighted by Crippen LogP contribution is 2.28. The summed E-state index contributed by atoms with van der Waals surface area (Å²) in [4.78, 5) is 24.7. The number of aromatic amines is 1. The second-order valence-electron chi connectivity index (χ2n) is 7.53. The van der Waals surface area contributed by atoms with Crippen LogP contribution in [0.2, 0.25) is 0 Å². The Morgan fingerprint density at radius 1 is 1.03 bits per heavy atom. The summed E-state index contributed by atoms with van der Waals surface area (Å²) < 4.78 is 16.0. The first kappa shape index (κ1) is 22.2. The largest absolute Gasteiger partial charge is 0.361 e. The zero-order valence-corrected chi connectivity index (χ0v) is 19.1. The van der Waals surface area contributed by atoms with Crippen LogP contribution in [0.4, 0.5) is 10.2 Å². The normalized spacial score (nSPS) is 11.8. The number of hydrogen-bond donors (Lipinski definition) is 2. The molecule has 5 rings (SSSR count). The smallest absolute Gasteiger partial charge is 0.263 e. The first-order valence-corrected chi connectivity index (χ1v) is 11.0. The summed E-state index contributed by atoms with van der Waals surface area (Å²) in [5, 5.41) is 5.11. The predicted molar refractivity (Wildman–Crippen MR) is 132 cm³/mol. The van der Waals surface area contributed by atoms with E-state index in [0.29, 0.717) is 22.2 Å². The maximum atomic E-state index is 14.3. The molecule has 168 valence electrons. The fraction of sp³-hybridized carbons (Fsp3) is 0.192. The second-order valence-corrected chi connectivity index (χ2v) is 7.53. The Kier molecular flexibility index (Phi) is 6.22. The lowest BCUT2D eigenvalue weighted by molar-refractivity contribution is 0.639. The molecule has 1 atom stereocenters. The predicted octanol–water partition coefficient (Wildman–Crippen LogP) is 5.91. The molecule has 6 nitrogen and oxygen atoms in total. The number of fused-ring (bicyclic) bond motifs is 2. The van der Waals surface area contributed by atoms with E-state index in [4.69, 9.17) is 0 Å². The summed E-state index contributed by atoms with van der Waals surface area (Å²) >= 11 is 0. The summed E-state index contributed by atoms with van der Waals surface area (Å²) in [5.74, 6) is -0.0625. The topological polar surface area (TPSA) is 75.6 Å². The van der Waals surface area contributed by atoms with E-state index < -0.39 is 5.82 Å². The Hall–Kier alpha value is -4.00. The van der Waals surface area contributed by atoms with Crippen molar-refractivity contribution in [1.82, 2.24) is 19.5 Å². The van der Waals surface area contributed by atoms with Crippen LogP contribution >= 0.6 is 0 Å². The molecule has 0 fully saturated rings. The molecule has 0 amide bonds. The van der Waals surface area contributed by atoms with Gasteiger partial charge in [0.15, 0.2) is 5.82 Å². The monoisotopic (exact) mass is 443 g/mol. The second kappa shape index (κ2) is 9.24. The Morgan fingerprint density at radius 2 is 1.79 bits per heavy atom. The summed E-state index contributed by atoms with van der Waals surface area (Å²) in [6, 6.07) is 17.0. The number of halogens is 1. The fourth-order valence-corrected chi connectivity index (χ4v) is 4.03. The number of H-pyrrole nitrogens is 1. The number of rotatable bonds is 4. The van der Waals surface area contributed by atoms with E-state index in [1.807, 2.05) is 82.3 Å². The maximum Gasteiger partial charge on any atom is 0.263 e. The highest BCUT2D eigenvalue weighted by molar-refractivity contribution is 5.88. The molecule has 0 spiro atoms. The minimum absolute atomic E-state index is 0.0916. The van der Waals surface area contributed by atoms with Gasteiger partial charge in [0.05, 0.1) is 16.8 Å². The van der Waals surface area contributed by atoms with Crippen LogP contribution in [-0.4, -0.2) is 19.5 Å². The van der Waals surface area contributed by atoms with Crippen molar-refractivity contribution in [3.05, 3.63) is 94.5 Å². The molecule has 3 heterocycles. The van der Waals surface area contributed by atoms with Crippen LogP contribution in [0.25, 0.3) is 27.5 Å². The Bertz CT molecular complexity index is 1470. The Balaban J connectivity index is 0.00000126. The zero-order chi connectivity index (χ0) is 23.5. The standard InChI is InChI=1S/C24H20FN5O.C2H6/c1-14-7-6-8-16-11-19(30(24(31)20(14)16)17-9-4-3-5-10-17)15(2)29-23-21-18(25)12-26-22(21)27-13-28-23;1-2/h3-13,15H,1-2H3,(H2,26,27,28,29);1-2H3/t15-;/m0./s1. The van der Waals surface area contributed by atoms with Crippen LogP contribution < -0.4 is 10.9 Å². The third kappa shape index (κ3) is 3.98. The minimum atomic E-state index is -0.431. The van der Waals surface area contributed by atoms with Crippen LogP contribution in [-0.2, 0) is 0 Å². The van der Waals surface area contributed by atoms with Crippen LogP contribution in [0.15, 0.2) is 71.9 Å². The van der Waals surface area contributed by atoms with E-state index in [-0.39, 0.29) is 11.6 Å². The van der Waals surface area contributed by atoms with Gasteiger partial charge >= 0.3 is 0 Å². The zero-order valence-electron chi connectivity index (χ0n) is 19.1. The average Bonchev–Trinajstić information content (AvgIpc) is 3.22. The highest BCUT2D eigenvalue weighted by Gasteiger charge is 2.19. The molecule has 3 aromatic heterocycles. The quantitative estimate of drug-likeness (QED) is 0.362. The van der Waals surface area contributed by atoms with Gasteiger partial charge in [-0.05, 0) is 43.0 Å². The van der Waals surface area contributed by atoms with Crippen molar-refractivity contribution in [1.29, 1.82) is 0 Å². The number of aromatic nitrogens is 4. The van der Waals surface area contributed by atoms with E-state index in [2.05, 4.69) is 20.3 Å². The molecule has 0 aliphatic heterocycles. The van der Waals surface area contributed by atoms with Crippen LogP contribution in [0.5, 0.6) is 0 Å². The van der Waals surface area contributed by atoms with Crippen molar-refractivity contribution in [2.45, 2.75) is 33.7 Å². The molecule has 0 saturated heterocycles. The molecule has 2 aromatic carbocycles. The van der Waals surface area contributed by atoms with Gasteiger partial charge in [-0.1, -0.05) is 50.2 Å². The molecular weight excluding hydrogens is 417 g/mol. The number of para-hydroxylation sites is 1. The summed E-state index contributed by atoms with van der Waals surface area (Å²) in [5.41, 5.74) is 2.76. The van der Waals surface area contributed by atoms with E-state index in [9.17, 15) is 9.18 Å². The first-order chi connectivity index (χ1) is 16.0. The van der Waals surface area contributed by atoms with E-state index in [0.717, 1.165) is 22.3 Å². The summed E-state index contributed by atoms with van der Waals surface area (Å²) in [6.07, 6.45) is 2.63. The molecule has 0 aliphatic rings. The van der Waals surface area contributed by atoms with Gasteiger partial charge in [0.25, 0.3) is 5.56 Å². The number of nitrogens with one attached hydrogen (secondary N) is 2. The first-order valence-electron chi connectivity index (χ1n) is 11.0. The van der Waals surface area contributed by atoms with E-state index in [1.165, 1.54) is 12.5 Å². The molecule has 0 aliphatic carbocycles. The van der Waals surface area contributed by atoms with Gasteiger partial charge in [-0.3, -0.25) is 9.36 Å². The van der Waals surface area contributed by atoms with Crippen molar-refractivity contribution in [2.75, 3.05) is 5.32 Å².